The Kier molecular flexibility index (Phi) is 3.21. The SMILES string of the molecule is CC1CCC(C)C1(C1C=Cc2ccccc21)[SiH](C)C. The van der Waals surface area contributed by atoms with E-state index in [1.807, 2.05) is 0 Å². The first-order chi connectivity index (χ1) is 9.08. The fourth-order valence-electron chi connectivity index (χ4n) is 5.28. The number of allylic oxidation sites excluding steroid dienone is 1. The maximum atomic E-state index is 2.58. The number of fused-ring (bicyclic) bond motifs is 1. The second-order valence-electron chi connectivity index (χ2n) is 7.00. The summed E-state index contributed by atoms with van der Waals surface area (Å²) in [4.78, 5) is 0. The number of hydrogen-bond acceptors (Lipinski definition) is 0. The van der Waals surface area contributed by atoms with Gasteiger partial charge in [0.05, 0.1) is 0 Å². The molecule has 2 aliphatic carbocycles. The van der Waals surface area contributed by atoms with E-state index in [9.17, 15) is 0 Å². The highest BCUT2D eigenvalue weighted by atomic mass is 28.3. The Bertz CT molecular complexity index is 490. The smallest absolute Gasteiger partial charge is 0.0390 e. The van der Waals surface area contributed by atoms with Gasteiger partial charge in [-0.25, -0.2) is 0 Å². The van der Waals surface area contributed by atoms with E-state index in [0.29, 0.717) is 11.0 Å². The molecule has 0 aliphatic heterocycles. The minimum Gasteiger partial charge on any atom is -0.0761 e. The van der Waals surface area contributed by atoms with Gasteiger partial charge in [-0.15, -0.1) is 0 Å². The first kappa shape index (κ1) is 13.2. The molecule has 1 aromatic carbocycles. The Morgan fingerprint density at radius 2 is 1.68 bits per heavy atom. The molecule has 0 aromatic heterocycles. The summed E-state index contributed by atoms with van der Waals surface area (Å²) in [5, 5.41) is 0.586. The Morgan fingerprint density at radius 1 is 1.05 bits per heavy atom. The maximum absolute atomic E-state index is 2.58. The average molecular weight is 270 g/mol. The molecule has 1 heteroatoms. The molecule has 1 fully saturated rings. The van der Waals surface area contributed by atoms with E-state index in [1.165, 1.54) is 18.4 Å². The zero-order valence-electron chi connectivity index (χ0n) is 12.7. The number of benzene rings is 1. The Balaban J connectivity index is 2.11. The van der Waals surface area contributed by atoms with Gasteiger partial charge in [0.2, 0.25) is 0 Å². The highest BCUT2D eigenvalue weighted by molar-refractivity contribution is 6.60. The van der Waals surface area contributed by atoms with Gasteiger partial charge in [-0.1, -0.05) is 76.2 Å². The number of hydrogen-bond donors (Lipinski definition) is 0. The van der Waals surface area contributed by atoms with Crippen molar-refractivity contribution in [1.82, 2.24) is 0 Å². The van der Waals surface area contributed by atoms with E-state index < -0.39 is 8.80 Å². The molecule has 3 atom stereocenters. The zero-order chi connectivity index (χ0) is 13.6. The molecule has 0 spiro atoms. The lowest BCUT2D eigenvalue weighted by atomic mass is 9.76. The molecular weight excluding hydrogens is 244 g/mol. The van der Waals surface area contributed by atoms with Crippen molar-refractivity contribution in [3.8, 4) is 0 Å². The summed E-state index contributed by atoms with van der Waals surface area (Å²) < 4.78 is 0. The van der Waals surface area contributed by atoms with Crippen molar-refractivity contribution in [2.75, 3.05) is 0 Å². The Morgan fingerprint density at radius 3 is 2.32 bits per heavy atom. The maximum Gasteiger partial charge on any atom is 0.0390 e. The second-order valence-corrected chi connectivity index (χ2v) is 10.3. The van der Waals surface area contributed by atoms with Gasteiger partial charge in [0.15, 0.2) is 0 Å². The van der Waals surface area contributed by atoms with E-state index in [1.54, 1.807) is 5.56 Å². The van der Waals surface area contributed by atoms with E-state index in [4.69, 9.17) is 0 Å². The van der Waals surface area contributed by atoms with E-state index in [0.717, 1.165) is 11.8 Å². The summed E-state index contributed by atoms with van der Waals surface area (Å²) in [6.45, 7) is 10.2. The van der Waals surface area contributed by atoms with E-state index in [2.05, 4.69) is 63.4 Å². The molecule has 0 N–H and O–H groups in total. The topological polar surface area (TPSA) is 0 Å². The predicted molar refractivity (Wildman–Crippen MR) is 87.3 cm³/mol. The minimum atomic E-state index is -0.738. The second kappa shape index (κ2) is 4.62. The third kappa shape index (κ3) is 1.70. The van der Waals surface area contributed by atoms with Crippen molar-refractivity contribution < 1.29 is 0 Å². The van der Waals surface area contributed by atoms with Crippen LogP contribution < -0.4 is 0 Å². The van der Waals surface area contributed by atoms with Crippen LogP contribution in [0.15, 0.2) is 30.3 Å². The van der Waals surface area contributed by atoms with E-state index in [-0.39, 0.29) is 0 Å². The molecular formula is C18H26Si. The summed E-state index contributed by atoms with van der Waals surface area (Å²) in [5.41, 5.74) is 3.07. The molecule has 19 heavy (non-hydrogen) atoms. The molecule has 102 valence electrons. The summed E-state index contributed by atoms with van der Waals surface area (Å²) in [6.07, 6.45) is 7.75. The molecule has 3 rings (SSSR count). The first-order valence-electron chi connectivity index (χ1n) is 7.85. The molecule has 0 amide bonds. The lowest BCUT2D eigenvalue weighted by molar-refractivity contribution is 0.331. The zero-order valence-corrected chi connectivity index (χ0v) is 13.8. The van der Waals surface area contributed by atoms with Crippen molar-refractivity contribution in [1.29, 1.82) is 0 Å². The van der Waals surface area contributed by atoms with Crippen LogP contribution >= 0.6 is 0 Å². The molecule has 3 unspecified atom stereocenters. The molecule has 1 saturated carbocycles. The average Bonchev–Trinajstić information content (AvgIpc) is 2.92. The number of rotatable bonds is 2. The highest BCUT2D eigenvalue weighted by Gasteiger charge is 2.53. The van der Waals surface area contributed by atoms with Crippen molar-refractivity contribution >= 4 is 14.9 Å². The van der Waals surface area contributed by atoms with Crippen LogP contribution in [0.3, 0.4) is 0 Å². The van der Waals surface area contributed by atoms with Crippen LogP contribution in [0.2, 0.25) is 18.1 Å². The quantitative estimate of drug-likeness (QED) is 0.657. The van der Waals surface area contributed by atoms with Gasteiger partial charge in [0, 0.05) is 14.7 Å². The van der Waals surface area contributed by atoms with Crippen LogP contribution in [-0.2, 0) is 0 Å². The summed E-state index contributed by atoms with van der Waals surface area (Å²) in [7, 11) is -0.738. The Labute approximate surface area is 119 Å². The van der Waals surface area contributed by atoms with Crippen molar-refractivity contribution in [3.63, 3.8) is 0 Å². The third-order valence-electron chi connectivity index (χ3n) is 6.08. The van der Waals surface area contributed by atoms with E-state index >= 15 is 0 Å². The first-order valence-corrected chi connectivity index (χ1v) is 10.7. The highest BCUT2D eigenvalue weighted by Crippen LogP contribution is 2.65. The van der Waals surface area contributed by atoms with Crippen LogP contribution in [0.25, 0.3) is 6.08 Å². The van der Waals surface area contributed by atoms with Gasteiger partial charge in [-0.2, -0.15) is 0 Å². The molecule has 1 aromatic rings. The fourth-order valence-corrected chi connectivity index (χ4v) is 8.90. The summed E-state index contributed by atoms with van der Waals surface area (Å²) in [6, 6.07) is 9.05. The van der Waals surface area contributed by atoms with Crippen molar-refractivity contribution in [3.05, 3.63) is 41.5 Å². The molecule has 0 saturated heterocycles. The van der Waals surface area contributed by atoms with Crippen molar-refractivity contribution in [2.45, 2.75) is 50.7 Å². The molecule has 0 radical (unpaired) electrons. The van der Waals surface area contributed by atoms with Gasteiger partial charge < -0.3 is 0 Å². The lowest BCUT2D eigenvalue weighted by Crippen LogP contribution is -2.39. The van der Waals surface area contributed by atoms with Gasteiger partial charge in [0.25, 0.3) is 0 Å². The standard InChI is InChI=1S/C18H26Si/c1-13-9-10-14(2)18(13,19(3)4)17-12-11-15-7-5-6-8-16(15)17/h5-8,11-14,17,19H,9-10H2,1-4H3. The van der Waals surface area contributed by atoms with Gasteiger partial charge in [0.1, 0.15) is 0 Å². The third-order valence-corrected chi connectivity index (χ3v) is 9.57. The predicted octanol–water partition coefficient (Wildman–Crippen LogP) is 5.09. The molecule has 0 heterocycles. The van der Waals surface area contributed by atoms with Crippen LogP contribution in [0.4, 0.5) is 0 Å². The minimum absolute atomic E-state index is 0.586. The monoisotopic (exact) mass is 270 g/mol. The van der Waals surface area contributed by atoms with Crippen LogP contribution in [0, 0.1) is 11.8 Å². The molecule has 2 aliphatic rings. The Hall–Kier alpha value is -0.823. The van der Waals surface area contributed by atoms with Gasteiger partial charge >= 0.3 is 0 Å². The molecule has 0 bridgehead atoms. The largest absolute Gasteiger partial charge is 0.0761 e. The van der Waals surface area contributed by atoms with Gasteiger partial charge in [-0.05, 0) is 28.0 Å². The summed E-state index contributed by atoms with van der Waals surface area (Å²) in [5.74, 6) is 2.45. The lowest BCUT2D eigenvalue weighted by Gasteiger charge is -2.46. The normalized spacial score (nSPS) is 37.0. The van der Waals surface area contributed by atoms with Crippen LogP contribution in [0.1, 0.15) is 43.7 Å². The molecule has 0 nitrogen and oxygen atoms in total. The van der Waals surface area contributed by atoms with Crippen molar-refractivity contribution in [2.24, 2.45) is 11.8 Å². The summed E-state index contributed by atoms with van der Waals surface area (Å²) >= 11 is 0. The van der Waals surface area contributed by atoms with Crippen LogP contribution in [0.5, 0.6) is 0 Å². The van der Waals surface area contributed by atoms with Crippen LogP contribution in [-0.4, -0.2) is 8.80 Å². The fraction of sp³-hybridized carbons (Fsp3) is 0.556. The van der Waals surface area contributed by atoms with Gasteiger partial charge in [-0.3, -0.25) is 0 Å².